The number of ketones is 1. The van der Waals surface area contributed by atoms with Gasteiger partial charge >= 0.3 is 0 Å². The lowest BCUT2D eigenvalue weighted by molar-refractivity contribution is 0.0870. The second-order valence-electron chi connectivity index (χ2n) is 6.23. The molecule has 1 aromatic carbocycles. The summed E-state index contributed by atoms with van der Waals surface area (Å²) in [7, 11) is 2.12. The van der Waals surface area contributed by atoms with Gasteiger partial charge in [-0.2, -0.15) is 0 Å². The number of hydrogen-bond donors (Lipinski definition) is 1. The van der Waals surface area contributed by atoms with E-state index in [2.05, 4.69) is 22.2 Å². The third-order valence-electron chi connectivity index (χ3n) is 4.46. The van der Waals surface area contributed by atoms with Gasteiger partial charge in [0, 0.05) is 32.7 Å². The monoisotopic (exact) mass is 339 g/mol. The van der Waals surface area contributed by atoms with E-state index in [-0.39, 0.29) is 24.3 Å². The zero-order chi connectivity index (χ0) is 15.4. The van der Waals surface area contributed by atoms with Crippen molar-refractivity contribution in [2.24, 2.45) is 0 Å². The molecule has 0 amide bonds. The molecule has 128 valence electrons. The number of hydrogen-bond acceptors (Lipinski definition) is 5. The van der Waals surface area contributed by atoms with Crippen molar-refractivity contribution in [1.82, 2.24) is 15.1 Å². The summed E-state index contributed by atoms with van der Waals surface area (Å²) in [4.78, 5) is 17.2. The fourth-order valence-corrected chi connectivity index (χ4v) is 3.00. The molecule has 0 spiro atoms. The Morgan fingerprint density at radius 2 is 2.00 bits per heavy atom. The number of nitrogens with zero attached hydrogens (tertiary/aromatic N) is 2. The molecule has 0 bridgehead atoms. The topological polar surface area (TPSA) is 44.8 Å². The lowest BCUT2D eigenvalue weighted by Gasteiger charge is -2.31. The number of rotatable bonds is 5. The number of nitrogens with one attached hydrogen (secondary N) is 1. The van der Waals surface area contributed by atoms with Gasteiger partial charge in [0.15, 0.2) is 5.78 Å². The second-order valence-corrected chi connectivity index (χ2v) is 6.23. The molecule has 2 heterocycles. The van der Waals surface area contributed by atoms with Crippen LogP contribution in [0.25, 0.3) is 0 Å². The summed E-state index contributed by atoms with van der Waals surface area (Å²) in [5.74, 6) is 0.890. The molecule has 0 aliphatic carbocycles. The Bertz CT molecular complexity index is 512. The molecule has 0 aromatic heterocycles. The number of halogens is 1. The van der Waals surface area contributed by atoms with Gasteiger partial charge in [0.1, 0.15) is 11.9 Å². The van der Waals surface area contributed by atoms with Crippen LogP contribution in [-0.4, -0.2) is 74.5 Å². The van der Waals surface area contributed by atoms with Gasteiger partial charge in [-0.15, -0.1) is 12.4 Å². The maximum Gasteiger partial charge on any atom is 0.180 e. The third-order valence-corrected chi connectivity index (χ3v) is 4.46. The molecule has 3 rings (SSSR count). The van der Waals surface area contributed by atoms with Crippen LogP contribution in [0.2, 0.25) is 0 Å². The Morgan fingerprint density at radius 1 is 1.26 bits per heavy atom. The summed E-state index contributed by atoms with van der Waals surface area (Å²) in [6.45, 7) is 6.30. The van der Waals surface area contributed by atoms with Gasteiger partial charge in [-0.05, 0) is 32.1 Å². The average molecular weight is 340 g/mol. The van der Waals surface area contributed by atoms with Gasteiger partial charge in [-0.25, -0.2) is 0 Å². The summed E-state index contributed by atoms with van der Waals surface area (Å²) >= 11 is 0. The van der Waals surface area contributed by atoms with E-state index < -0.39 is 0 Å². The maximum absolute atomic E-state index is 12.6. The van der Waals surface area contributed by atoms with Gasteiger partial charge in [-0.3, -0.25) is 9.69 Å². The molecule has 0 saturated carbocycles. The Morgan fingerprint density at radius 3 is 2.70 bits per heavy atom. The molecule has 5 nitrogen and oxygen atoms in total. The zero-order valence-corrected chi connectivity index (χ0v) is 14.5. The van der Waals surface area contributed by atoms with Crippen molar-refractivity contribution in [1.29, 1.82) is 0 Å². The largest absolute Gasteiger partial charge is 0.488 e. The minimum absolute atomic E-state index is 0. The predicted molar refractivity (Wildman–Crippen MR) is 93.9 cm³/mol. The fourth-order valence-electron chi connectivity index (χ4n) is 3.00. The van der Waals surface area contributed by atoms with Gasteiger partial charge in [0.25, 0.3) is 0 Å². The minimum atomic E-state index is 0. The van der Waals surface area contributed by atoms with E-state index in [4.69, 9.17) is 4.74 Å². The molecule has 1 atom stereocenters. The highest BCUT2D eigenvalue weighted by Gasteiger charge is 2.22. The molecule has 0 radical (unpaired) electrons. The maximum atomic E-state index is 12.6. The van der Waals surface area contributed by atoms with E-state index in [0.29, 0.717) is 12.1 Å². The number of Topliss-reactive ketones (excluding diaryl/α,β-unsaturated/α-hetero) is 1. The minimum Gasteiger partial charge on any atom is -0.488 e. The summed E-state index contributed by atoms with van der Waals surface area (Å²) in [5, 5.41) is 3.29. The molecule has 1 N–H and O–H groups in total. The van der Waals surface area contributed by atoms with Crippen molar-refractivity contribution in [3.63, 3.8) is 0 Å². The van der Waals surface area contributed by atoms with E-state index in [1.165, 1.54) is 0 Å². The Kier molecular flexibility index (Phi) is 6.84. The van der Waals surface area contributed by atoms with Crippen molar-refractivity contribution in [3.8, 4) is 5.75 Å². The van der Waals surface area contributed by atoms with Crippen molar-refractivity contribution in [2.45, 2.75) is 12.5 Å². The van der Waals surface area contributed by atoms with Crippen LogP contribution in [0.15, 0.2) is 24.3 Å². The average Bonchev–Trinajstić information content (AvgIpc) is 3.03. The first-order valence-corrected chi connectivity index (χ1v) is 8.13. The molecule has 2 aliphatic rings. The number of likely N-dealkylation sites (N-methyl/N-ethyl adjacent to an activating group) is 1. The van der Waals surface area contributed by atoms with Gasteiger partial charge in [0.05, 0.1) is 12.1 Å². The Balaban J connectivity index is 0.00000192. The third kappa shape index (κ3) is 4.91. The lowest BCUT2D eigenvalue weighted by atomic mass is 10.1. The van der Waals surface area contributed by atoms with Crippen LogP contribution in [0.3, 0.4) is 0 Å². The summed E-state index contributed by atoms with van der Waals surface area (Å²) in [6, 6.07) is 7.65. The highest BCUT2D eigenvalue weighted by molar-refractivity contribution is 6.00. The summed E-state index contributed by atoms with van der Waals surface area (Å²) in [6.07, 6.45) is 1.18. The first kappa shape index (κ1) is 18.2. The molecule has 6 heteroatoms. The van der Waals surface area contributed by atoms with Crippen LogP contribution in [0.1, 0.15) is 16.8 Å². The van der Waals surface area contributed by atoms with E-state index in [0.717, 1.165) is 51.4 Å². The van der Waals surface area contributed by atoms with Crippen molar-refractivity contribution < 1.29 is 9.53 Å². The molecule has 1 unspecified atom stereocenters. The molecular weight excluding hydrogens is 314 g/mol. The molecule has 2 fully saturated rings. The van der Waals surface area contributed by atoms with Gasteiger partial charge < -0.3 is 15.0 Å². The standard InChI is InChI=1S/C17H25N3O2.ClH/c1-19-8-10-20(11-9-19)13-16(21)15-4-2-3-5-17(15)22-14-6-7-18-12-14;/h2-5,14,18H,6-13H2,1H3;1H. The highest BCUT2D eigenvalue weighted by Crippen LogP contribution is 2.22. The van der Waals surface area contributed by atoms with Crippen LogP contribution in [0, 0.1) is 0 Å². The van der Waals surface area contributed by atoms with Crippen LogP contribution < -0.4 is 10.1 Å². The number of para-hydroxylation sites is 1. The first-order valence-electron chi connectivity index (χ1n) is 8.13. The molecule has 2 saturated heterocycles. The molecule has 1 aromatic rings. The first-order chi connectivity index (χ1) is 10.7. The van der Waals surface area contributed by atoms with Crippen molar-refractivity contribution in [3.05, 3.63) is 29.8 Å². The van der Waals surface area contributed by atoms with Gasteiger partial charge in [-0.1, -0.05) is 12.1 Å². The number of carbonyl (C=O) groups is 1. The SMILES string of the molecule is CN1CCN(CC(=O)c2ccccc2OC2CCNC2)CC1.Cl. The number of piperazine rings is 1. The number of carbonyl (C=O) groups excluding carboxylic acids is 1. The second kappa shape index (κ2) is 8.64. The number of benzene rings is 1. The van der Waals surface area contributed by atoms with Crippen LogP contribution in [0.4, 0.5) is 0 Å². The van der Waals surface area contributed by atoms with Crippen LogP contribution >= 0.6 is 12.4 Å². The van der Waals surface area contributed by atoms with E-state index in [1.54, 1.807) is 0 Å². The van der Waals surface area contributed by atoms with Crippen molar-refractivity contribution in [2.75, 3.05) is 52.9 Å². The normalized spacial score (nSPS) is 22.6. The lowest BCUT2D eigenvalue weighted by Crippen LogP contribution is -2.46. The summed E-state index contributed by atoms with van der Waals surface area (Å²) < 4.78 is 6.02. The van der Waals surface area contributed by atoms with Crippen molar-refractivity contribution >= 4 is 18.2 Å². The quantitative estimate of drug-likeness (QED) is 0.819. The van der Waals surface area contributed by atoms with Gasteiger partial charge in [0.2, 0.25) is 0 Å². The van der Waals surface area contributed by atoms with Crippen LogP contribution in [-0.2, 0) is 0 Å². The zero-order valence-electron chi connectivity index (χ0n) is 13.7. The van der Waals surface area contributed by atoms with E-state index in [1.807, 2.05) is 24.3 Å². The fraction of sp³-hybridized carbons (Fsp3) is 0.588. The predicted octanol–water partition coefficient (Wildman–Crippen LogP) is 1.28. The smallest absolute Gasteiger partial charge is 0.180 e. The molecule has 23 heavy (non-hydrogen) atoms. The molecule has 2 aliphatic heterocycles. The Hall–Kier alpha value is -1.14. The van der Waals surface area contributed by atoms with E-state index in [9.17, 15) is 4.79 Å². The van der Waals surface area contributed by atoms with Crippen LogP contribution in [0.5, 0.6) is 5.75 Å². The summed E-state index contributed by atoms with van der Waals surface area (Å²) in [5.41, 5.74) is 0.716. The molecular formula is C17H26ClN3O2. The number of ether oxygens (including phenoxy) is 1. The van der Waals surface area contributed by atoms with E-state index >= 15 is 0 Å². The Labute approximate surface area is 144 Å². The highest BCUT2D eigenvalue weighted by atomic mass is 35.5.